The number of hydrogen-bond acceptors (Lipinski definition) is 0. The first kappa shape index (κ1) is 42.9. The molecule has 0 aromatic carbocycles. The van der Waals surface area contributed by atoms with Gasteiger partial charge in [0.2, 0.25) is 0 Å². The molecule has 0 radical (unpaired) electrons. The molecular weight excluding hydrogens is 554 g/mol. The molecule has 1 heterocycles. The zero-order valence-corrected chi connectivity index (χ0v) is 30.6. The van der Waals surface area contributed by atoms with E-state index in [1.54, 1.807) is 0 Å². The van der Waals surface area contributed by atoms with Crippen LogP contribution in [0.25, 0.3) is 0 Å². The minimum absolute atomic E-state index is 0. The molecule has 0 atom stereocenters. The van der Waals surface area contributed by atoms with Gasteiger partial charge in [0.05, 0.1) is 0 Å². The molecule has 0 aliphatic rings. The van der Waals surface area contributed by atoms with Crippen LogP contribution in [0.5, 0.6) is 0 Å². The normalized spacial score (nSPS) is 11.6. The number of hydrogen-bond donors (Lipinski definition) is 0. The van der Waals surface area contributed by atoms with Crippen molar-refractivity contribution in [3.63, 3.8) is 0 Å². The molecule has 2 heteroatoms. The van der Waals surface area contributed by atoms with E-state index in [-0.39, 0.29) is 12.4 Å². The van der Waals surface area contributed by atoms with Crippen molar-refractivity contribution in [3.05, 3.63) is 54.4 Å². The van der Waals surface area contributed by atoms with E-state index >= 15 is 0 Å². The van der Waals surface area contributed by atoms with Gasteiger partial charge in [-0.05, 0) is 76.2 Å². The fraction of sp³-hybridized carbons (Fsp3) is 0.786. The van der Waals surface area contributed by atoms with Crippen LogP contribution < -0.4 is 17.0 Å². The third-order valence-electron chi connectivity index (χ3n) is 9.12. The maximum absolute atomic E-state index is 2.44. The Kier molecular flexibility index (Phi) is 35.5. The number of rotatable bonds is 33. The Morgan fingerprint density at radius 3 is 1.11 bits per heavy atom. The van der Waals surface area contributed by atoms with Gasteiger partial charge in [0.1, 0.15) is 6.54 Å². The first-order valence-electron chi connectivity index (χ1n) is 19.6. The van der Waals surface area contributed by atoms with E-state index in [9.17, 15) is 0 Å². The molecule has 0 N–H and O–H groups in total. The lowest BCUT2D eigenvalue weighted by Gasteiger charge is -2.03. The molecule has 0 saturated carbocycles. The summed E-state index contributed by atoms with van der Waals surface area (Å²) in [4.78, 5) is 0. The predicted molar refractivity (Wildman–Crippen MR) is 194 cm³/mol. The molecule has 0 aliphatic carbocycles. The SMILES string of the molecule is CCCCCCCCC=CCCCCCCCCCc1cc[n+](CCCCCCCCC=CCCCCCCCC)cc1.[Cl-]. The smallest absolute Gasteiger partial charge is 0.169 e. The van der Waals surface area contributed by atoms with Crippen LogP contribution in [-0.2, 0) is 13.0 Å². The van der Waals surface area contributed by atoms with Crippen molar-refractivity contribution in [2.24, 2.45) is 0 Å². The van der Waals surface area contributed by atoms with Crippen LogP contribution in [0.15, 0.2) is 48.8 Å². The first-order valence-corrected chi connectivity index (χ1v) is 19.6. The van der Waals surface area contributed by atoms with E-state index in [1.807, 2.05) is 0 Å². The lowest BCUT2D eigenvalue weighted by atomic mass is 10.0. The zero-order chi connectivity index (χ0) is 30.7. The number of unbranched alkanes of at least 4 members (excludes halogenated alkanes) is 25. The minimum atomic E-state index is 0. The second-order valence-corrected chi connectivity index (χ2v) is 13.4. The van der Waals surface area contributed by atoms with Crippen molar-refractivity contribution in [2.75, 3.05) is 0 Å². The van der Waals surface area contributed by atoms with Crippen molar-refractivity contribution in [2.45, 2.75) is 213 Å². The highest BCUT2D eigenvalue weighted by Crippen LogP contribution is 2.13. The summed E-state index contributed by atoms with van der Waals surface area (Å²) in [5.74, 6) is 0. The summed E-state index contributed by atoms with van der Waals surface area (Å²) in [5, 5.41) is 0. The Bertz CT molecular complexity index is 722. The lowest BCUT2D eigenvalue weighted by molar-refractivity contribution is -0.697. The predicted octanol–water partition coefficient (Wildman–Crippen LogP) is 11.0. The van der Waals surface area contributed by atoms with Crippen LogP contribution in [0.3, 0.4) is 0 Å². The quantitative estimate of drug-likeness (QED) is 0.0413. The van der Waals surface area contributed by atoms with Crippen molar-refractivity contribution in [1.82, 2.24) is 0 Å². The van der Waals surface area contributed by atoms with Gasteiger partial charge in [-0.15, -0.1) is 0 Å². The lowest BCUT2D eigenvalue weighted by Crippen LogP contribution is -3.00. The summed E-state index contributed by atoms with van der Waals surface area (Å²) in [5.41, 5.74) is 1.52. The van der Waals surface area contributed by atoms with Gasteiger partial charge in [-0.2, -0.15) is 0 Å². The van der Waals surface area contributed by atoms with Gasteiger partial charge in [-0.25, -0.2) is 4.57 Å². The Morgan fingerprint density at radius 1 is 0.409 bits per heavy atom. The highest BCUT2D eigenvalue weighted by molar-refractivity contribution is 5.07. The first-order chi connectivity index (χ1) is 21.4. The van der Waals surface area contributed by atoms with Gasteiger partial charge in [-0.3, -0.25) is 0 Å². The van der Waals surface area contributed by atoms with Crippen molar-refractivity contribution < 1.29 is 17.0 Å². The molecule has 0 saturated heterocycles. The molecule has 1 nitrogen and oxygen atoms in total. The number of aromatic nitrogens is 1. The fourth-order valence-electron chi connectivity index (χ4n) is 6.10. The van der Waals surface area contributed by atoms with Crippen molar-refractivity contribution in [1.29, 1.82) is 0 Å². The van der Waals surface area contributed by atoms with E-state index < -0.39 is 0 Å². The summed E-state index contributed by atoms with van der Waals surface area (Å²) in [7, 11) is 0. The number of allylic oxidation sites excluding steroid dienone is 4. The van der Waals surface area contributed by atoms with E-state index in [4.69, 9.17) is 0 Å². The number of halogens is 1. The maximum Gasteiger partial charge on any atom is 0.169 e. The molecule has 1 aromatic heterocycles. The average molecular weight is 631 g/mol. The Morgan fingerprint density at radius 2 is 0.727 bits per heavy atom. The second-order valence-electron chi connectivity index (χ2n) is 13.4. The summed E-state index contributed by atoms with van der Waals surface area (Å²) < 4.78 is 2.39. The minimum Gasteiger partial charge on any atom is -1.00 e. The van der Waals surface area contributed by atoms with Gasteiger partial charge in [0.25, 0.3) is 0 Å². The highest BCUT2D eigenvalue weighted by atomic mass is 35.5. The molecule has 0 fully saturated rings. The molecule has 44 heavy (non-hydrogen) atoms. The standard InChI is InChI=1S/C42H76N.ClH/c1-3-5-7-9-11-13-15-17-19-21-22-24-26-28-30-32-34-36-42-37-40-43(41-38-42)39-35-33-31-29-27-25-23-20-18-16-14-12-10-8-6-4-2;/h17-20,37-38,40-41H,3-16,21-36,39H2,1-2H3;1H/q+1;/p-1. The van der Waals surface area contributed by atoms with E-state index in [0.717, 1.165) is 0 Å². The average Bonchev–Trinajstić information content (AvgIpc) is 3.03. The molecule has 0 amide bonds. The van der Waals surface area contributed by atoms with Crippen LogP contribution in [0, 0.1) is 0 Å². The summed E-state index contributed by atoms with van der Waals surface area (Å²) in [6, 6.07) is 4.72. The maximum atomic E-state index is 2.44. The summed E-state index contributed by atoms with van der Waals surface area (Å²) in [6.07, 6.45) is 55.8. The van der Waals surface area contributed by atoms with Gasteiger partial charge in [-0.1, -0.05) is 154 Å². The molecule has 256 valence electrons. The van der Waals surface area contributed by atoms with Crippen LogP contribution in [0.1, 0.15) is 206 Å². The molecular formula is C42H76ClN. The van der Waals surface area contributed by atoms with Gasteiger partial charge in [0, 0.05) is 18.6 Å². The van der Waals surface area contributed by atoms with E-state index in [0.29, 0.717) is 0 Å². The molecule has 0 spiro atoms. The Labute approximate surface area is 283 Å². The number of nitrogens with zero attached hydrogens (tertiary/aromatic N) is 1. The second kappa shape index (κ2) is 36.4. The summed E-state index contributed by atoms with van der Waals surface area (Å²) in [6.45, 7) is 5.77. The van der Waals surface area contributed by atoms with E-state index in [1.165, 1.54) is 205 Å². The van der Waals surface area contributed by atoms with Crippen molar-refractivity contribution >= 4 is 0 Å². The fourth-order valence-corrected chi connectivity index (χ4v) is 6.10. The van der Waals surface area contributed by atoms with Gasteiger partial charge in [0.15, 0.2) is 12.4 Å². The largest absolute Gasteiger partial charge is 1.00 e. The topological polar surface area (TPSA) is 3.88 Å². The Hall–Kier alpha value is -1.08. The molecule has 0 unspecified atom stereocenters. The van der Waals surface area contributed by atoms with Crippen LogP contribution in [-0.4, -0.2) is 0 Å². The van der Waals surface area contributed by atoms with Crippen LogP contribution in [0.2, 0.25) is 0 Å². The van der Waals surface area contributed by atoms with Crippen LogP contribution in [0.4, 0.5) is 0 Å². The van der Waals surface area contributed by atoms with Gasteiger partial charge >= 0.3 is 0 Å². The molecule has 0 aliphatic heterocycles. The summed E-state index contributed by atoms with van der Waals surface area (Å²) >= 11 is 0. The van der Waals surface area contributed by atoms with Gasteiger partial charge < -0.3 is 12.4 Å². The molecule has 1 aromatic rings. The van der Waals surface area contributed by atoms with Crippen molar-refractivity contribution in [3.8, 4) is 0 Å². The number of aryl methyl sites for hydroxylation is 2. The zero-order valence-electron chi connectivity index (χ0n) is 29.9. The monoisotopic (exact) mass is 630 g/mol. The molecule has 0 bridgehead atoms. The Balaban J connectivity index is 0.0000185. The third kappa shape index (κ3) is 30.9. The van der Waals surface area contributed by atoms with E-state index in [2.05, 4.69) is 67.2 Å². The molecule has 1 rings (SSSR count). The highest BCUT2D eigenvalue weighted by Gasteiger charge is 2.02. The number of pyridine rings is 1. The van der Waals surface area contributed by atoms with Crippen LogP contribution >= 0.6 is 0 Å². The third-order valence-corrected chi connectivity index (χ3v) is 9.12.